The smallest absolute Gasteiger partial charge is 0.251 e. The highest BCUT2D eigenvalue weighted by Gasteiger charge is 2.11. The van der Waals surface area contributed by atoms with Crippen molar-refractivity contribution in [3.63, 3.8) is 0 Å². The van der Waals surface area contributed by atoms with Crippen LogP contribution in [0.2, 0.25) is 0 Å². The van der Waals surface area contributed by atoms with Gasteiger partial charge in [-0.1, -0.05) is 31.9 Å². The van der Waals surface area contributed by atoms with E-state index in [0.717, 1.165) is 18.2 Å². The summed E-state index contributed by atoms with van der Waals surface area (Å²) in [5.74, 6) is -0.662. The minimum absolute atomic E-state index is 0.0853. The van der Waals surface area contributed by atoms with Crippen LogP contribution in [-0.4, -0.2) is 17.3 Å². The molecule has 1 aromatic carbocycles. The van der Waals surface area contributed by atoms with Gasteiger partial charge in [-0.25, -0.2) is 4.39 Å². The maximum atomic E-state index is 13.1. The van der Waals surface area contributed by atoms with Crippen molar-refractivity contribution in [3.05, 3.63) is 34.1 Å². The van der Waals surface area contributed by atoms with Crippen LogP contribution < -0.4 is 5.32 Å². The Morgan fingerprint density at radius 1 is 1.47 bits per heavy atom. The monoisotopic (exact) mass is 365 g/mol. The quantitative estimate of drug-likeness (QED) is 0.787. The second kappa shape index (κ2) is 7.11. The molecule has 2 nitrogen and oxygen atoms in total. The summed E-state index contributed by atoms with van der Waals surface area (Å²) in [6.45, 7) is 1.94. The minimum Gasteiger partial charge on any atom is -0.350 e. The molecule has 0 fully saturated rings. The molecule has 0 bridgehead atoms. The molecule has 0 spiro atoms. The lowest BCUT2D eigenvalue weighted by Gasteiger charge is -2.13. The van der Waals surface area contributed by atoms with Gasteiger partial charge in [-0.2, -0.15) is 0 Å². The van der Waals surface area contributed by atoms with E-state index >= 15 is 0 Å². The van der Waals surface area contributed by atoms with Gasteiger partial charge in [0, 0.05) is 21.4 Å². The fourth-order valence-corrected chi connectivity index (χ4v) is 2.24. The number of benzene rings is 1. The summed E-state index contributed by atoms with van der Waals surface area (Å²) in [6.07, 6.45) is 1.89. The molecule has 5 heteroatoms. The lowest BCUT2D eigenvalue weighted by Crippen LogP contribution is -2.32. The second-order valence-corrected chi connectivity index (χ2v) is 5.57. The van der Waals surface area contributed by atoms with Crippen LogP contribution in [0.1, 0.15) is 30.1 Å². The van der Waals surface area contributed by atoms with Crippen molar-refractivity contribution in [2.75, 3.05) is 5.33 Å². The molecule has 0 aliphatic rings. The number of hydrogen-bond donors (Lipinski definition) is 1. The molecule has 0 aliphatic carbocycles. The number of rotatable bonds is 5. The van der Waals surface area contributed by atoms with E-state index in [2.05, 4.69) is 37.2 Å². The summed E-state index contributed by atoms with van der Waals surface area (Å²) in [7, 11) is 0. The van der Waals surface area contributed by atoms with E-state index in [1.165, 1.54) is 12.1 Å². The van der Waals surface area contributed by atoms with E-state index in [4.69, 9.17) is 0 Å². The Labute approximate surface area is 117 Å². The second-order valence-electron chi connectivity index (χ2n) is 3.86. The van der Waals surface area contributed by atoms with Gasteiger partial charge in [-0.05, 0) is 38.0 Å². The topological polar surface area (TPSA) is 29.1 Å². The van der Waals surface area contributed by atoms with E-state index in [0.29, 0.717) is 10.0 Å². The lowest BCUT2D eigenvalue weighted by atomic mass is 10.1. The predicted molar refractivity (Wildman–Crippen MR) is 74.1 cm³/mol. The maximum Gasteiger partial charge on any atom is 0.251 e. The molecule has 0 saturated carbocycles. The summed E-state index contributed by atoms with van der Waals surface area (Å²) < 4.78 is 13.7. The van der Waals surface area contributed by atoms with Crippen LogP contribution in [0, 0.1) is 5.82 Å². The Kier molecular flexibility index (Phi) is 6.12. The van der Waals surface area contributed by atoms with Gasteiger partial charge >= 0.3 is 0 Å². The van der Waals surface area contributed by atoms with E-state index in [1.807, 2.05) is 6.92 Å². The van der Waals surface area contributed by atoms with Crippen molar-refractivity contribution in [2.45, 2.75) is 25.8 Å². The first-order valence-corrected chi connectivity index (χ1v) is 7.27. The Morgan fingerprint density at radius 2 is 2.18 bits per heavy atom. The van der Waals surface area contributed by atoms with E-state index in [1.54, 1.807) is 6.07 Å². The normalized spacial score (nSPS) is 12.2. The molecule has 1 N–H and O–H groups in total. The Balaban J connectivity index is 2.63. The van der Waals surface area contributed by atoms with Crippen molar-refractivity contribution in [1.82, 2.24) is 5.32 Å². The molecule has 94 valence electrons. The summed E-state index contributed by atoms with van der Waals surface area (Å²) in [6, 6.07) is 4.25. The molecule has 1 atom stereocenters. The highest BCUT2D eigenvalue weighted by Crippen LogP contribution is 2.15. The molecule has 17 heavy (non-hydrogen) atoms. The van der Waals surface area contributed by atoms with Gasteiger partial charge in [0.1, 0.15) is 5.82 Å². The number of carbonyl (C=O) groups excluding carboxylic acids is 1. The fraction of sp³-hybridized carbons (Fsp3) is 0.417. The summed E-state index contributed by atoms with van der Waals surface area (Å²) in [5, 5.41) is 3.75. The van der Waals surface area contributed by atoms with Crippen molar-refractivity contribution in [2.24, 2.45) is 0 Å². The maximum absolute atomic E-state index is 13.1. The molecule has 0 aliphatic heterocycles. The van der Waals surface area contributed by atoms with Gasteiger partial charge in [0.2, 0.25) is 0 Å². The van der Waals surface area contributed by atoms with Crippen LogP contribution in [-0.2, 0) is 0 Å². The average molecular weight is 367 g/mol. The van der Waals surface area contributed by atoms with Crippen molar-refractivity contribution < 1.29 is 9.18 Å². The van der Waals surface area contributed by atoms with Gasteiger partial charge in [-0.15, -0.1) is 0 Å². The van der Waals surface area contributed by atoms with E-state index in [9.17, 15) is 9.18 Å². The van der Waals surface area contributed by atoms with Crippen LogP contribution in [0.3, 0.4) is 0 Å². The Morgan fingerprint density at radius 3 is 2.76 bits per heavy atom. The average Bonchev–Trinajstić information content (AvgIpc) is 2.25. The zero-order valence-corrected chi connectivity index (χ0v) is 12.6. The summed E-state index contributed by atoms with van der Waals surface area (Å²) in [4.78, 5) is 11.8. The number of alkyl halides is 1. The van der Waals surface area contributed by atoms with Gasteiger partial charge in [0.15, 0.2) is 0 Å². The predicted octanol–water partition coefficient (Wildman–Crippen LogP) is 3.88. The van der Waals surface area contributed by atoms with E-state index in [-0.39, 0.29) is 11.9 Å². The van der Waals surface area contributed by atoms with Crippen LogP contribution in [0.15, 0.2) is 22.7 Å². The number of halogens is 3. The molecule has 1 aromatic rings. The fourth-order valence-electron chi connectivity index (χ4n) is 1.45. The largest absolute Gasteiger partial charge is 0.350 e. The Bertz CT molecular complexity index is 378. The van der Waals surface area contributed by atoms with Crippen molar-refractivity contribution in [1.29, 1.82) is 0 Å². The first-order valence-electron chi connectivity index (χ1n) is 5.36. The lowest BCUT2D eigenvalue weighted by molar-refractivity contribution is 0.0938. The summed E-state index contributed by atoms with van der Waals surface area (Å²) >= 11 is 6.50. The number of hydrogen-bond acceptors (Lipinski definition) is 1. The van der Waals surface area contributed by atoms with Crippen LogP contribution in [0.5, 0.6) is 0 Å². The van der Waals surface area contributed by atoms with Gasteiger partial charge < -0.3 is 5.32 Å². The number of carbonyl (C=O) groups is 1. The molecule has 1 rings (SSSR count). The van der Waals surface area contributed by atoms with Gasteiger partial charge in [0.25, 0.3) is 5.91 Å². The van der Waals surface area contributed by atoms with E-state index < -0.39 is 5.82 Å². The first-order chi connectivity index (χ1) is 8.02. The van der Waals surface area contributed by atoms with Crippen molar-refractivity contribution in [3.8, 4) is 0 Å². The highest BCUT2D eigenvalue weighted by atomic mass is 79.9. The highest BCUT2D eigenvalue weighted by molar-refractivity contribution is 9.10. The zero-order valence-electron chi connectivity index (χ0n) is 9.47. The standard InChI is InChI=1S/C12H14Br2FNO/c1-8(3-2-4-13)16-12(17)9-5-10(14)7-11(15)6-9/h5-8H,2-4H2,1H3,(H,16,17). The van der Waals surface area contributed by atoms with Gasteiger partial charge in [0.05, 0.1) is 0 Å². The molecule has 0 radical (unpaired) electrons. The molecule has 1 unspecified atom stereocenters. The van der Waals surface area contributed by atoms with Crippen molar-refractivity contribution >= 4 is 37.8 Å². The SMILES string of the molecule is CC(CCCBr)NC(=O)c1cc(F)cc(Br)c1. The molecule has 0 heterocycles. The third-order valence-electron chi connectivity index (χ3n) is 2.27. The Hall–Kier alpha value is -0.420. The molecular weight excluding hydrogens is 353 g/mol. The minimum atomic E-state index is -0.419. The first kappa shape index (κ1) is 14.6. The van der Waals surface area contributed by atoms with Crippen LogP contribution in [0.4, 0.5) is 4.39 Å². The number of nitrogens with one attached hydrogen (secondary N) is 1. The number of amides is 1. The van der Waals surface area contributed by atoms with Crippen LogP contribution >= 0.6 is 31.9 Å². The molecule has 0 aromatic heterocycles. The molecule has 0 saturated heterocycles. The third-order valence-corrected chi connectivity index (χ3v) is 3.29. The molecular formula is C12H14Br2FNO. The molecule has 1 amide bonds. The van der Waals surface area contributed by atoms with Gasteiger partial charge in [-0.3, -0.25) is 4.79 Å². The third kappa shape index (κ3) is 5.17. The zero-order chi connectivity index (χ0) is 12.8. The van der Waals surface area contributed by atoms with Crippen LogP contribution in [0.25, 0.3) is 0 Å². The summed E-state index contributed by atoms with van der Waals surface area (Å²) in [5.41, 5.74) is 0.336.